The highest BCUT2D eigenvalue weighted by atomic mass is 31.2. The molecule has 0 saturated heterocycles. The van der Waals surface area contributed by atoms with Crippen LogP contribution in [0.5, 0.6) is 0 Å². The van der Waals surface area contributed by atoms with Crippen LogP contribution < -0.4 is 0 Å². The first kappa shape index (κ1) is 13.1. The van der Waals surface area contributed by atoms with Crippen molar-refractivity contribution in [1.82, 2.24) is 0 Å². The number of hydrogen-bond donors (Lipinski definition) is 0. The van der Waals surface area contributed by atoms with E-state index < -0.39 is 7.82 Å². The first-order chi connectivity index (χ1) is 6.18. The molecule has 1 atom stereocenters. The number of phosphoric acid groups is 1. The molecule has 0 aliphatic heterocycles. The van der Waals surface area contributed by atoms with Crippen LogP contribution in [0.4, 0.5) is 0 Å². The Hall–Kier alpha value is 0.110. The van der Waals surface area contributed by atoms with Gasteiger partial charge in [-0.25, -0.2) is 4.57 Å². The van der Waals surface area contributed by atoms with Crippen LogP contribution in [0, 0.1) is 0 Å². The second kappa shape index (κ2) is 7.51. The molecule has 0 aromatic rings. The lowest BCUT2D eigenvalue weighted by molar-refractivity contribution is 0.130. The van der Waals surface area contributed by atoms with Crippen molar-refractivity contribution in [2.75, 3.05) is 20.3 Å². The highest BCUT2D eigenvalue weighted by molar-refractivity contribution is 7.48. The lowest BCUT2D eigenvalue weighted by atomic mass is 10.4. The Morgan fingerprint density at radius 2 is 1.69 bits per heavy atom. The van der Waals surface area contributed by atoms with E-state index in [4.69, 9.17) is 13.6 Å². The minimum atomic E-state index is -3.25. The highest BCUT2D eigenvalue weighted by Gasteiger charge is 2.23. The van der Waals surface area contributed by atoms with Crippen molar-refractivity contribution in [2.45, 2.75) is 33.1 Å². The van der Waals surface area contributed by atoms with Gasteiger partial charge in [0.15, 0.2) is 0 Å². The van der Waals surface area contributed by atoms with Gasteiger partial charge in [-0.3, -0.25) is 13.6 Å². The Morgan fingerprint density at radius 1 is 1.08 bits per heavy atom. The van der Waals surface area contributed by atoms with Gasteiger partial charge in [-0.05, 0) is 12.8 Å². The molecule has 0 aromatic carbocycles. The third kappa shape index (κ3) is 6.22. The van der Waals surface area contributed by atoms with Crippen LogP contribution in [-0.4, -0.2) is 20.3 Å². The van der Waals surface area contributed by atoms with Gasteiger partial charge < -0.3 is 0 Å². The van der Waals surface area contributed by atoms with Gasteiger partial charge in [0.2, 0.25) is 0 Å². The van der Waals surface area contributed by atoms with Crippen molar-refractivity contribution in [3.63, 3.8) is 0 Å². The molecule has 5 heteroatoms. The van der Waals surface area contributed by atoms with Crippen molar-refractivity contribution >= 4 is 7.82 Å². The quantitative estimate of drug-likeness (QED) is 0.456. The van der Waals surface area contributed by atoms with E-state index in [-0.39, 0.29) is 0 Å². The molecule has 0 heterocycles. The Balaban J connectivity index is 3.75. The fourth-order valence-corrected chi connectivity index (χ4v) is 1.71. The highest BCUT2D eigenvalue weighted by Crippen LogP contribution is 2.48. The van der Waals surface area contributed by atoms with Crippen molar-refractivity contribution in [1.29, 1.82) is 0 Å². The molecule has 4 nitrogen and oxygen atoms in total. The van der Waals surface area contributed by atoms with Crippen LogP contribution in [0.2, 0.25) is 0 Å². The average Bonchev–Trinajstić information content (AvgIpc) is 2.15. The average molecular weight is 210 g/mol. The van der Waals surface area contributed by atoms with E-state index in [9.17, 15) is 4.57 Å². The summed E-state index contributed by atoms with van der Waals surface area (Å²) in [6, 6.07) is 0. The fourth-order valence-electron chi connectivity index (χ4n) is 0.666. The largest absolute Gasteiger partial charge is 0.474 e. The van der Waals surface area contributed by atoms with Crippen molar-refractivity contribution in [3.05, 3.63) is 0 Å². The molecular formula is C8H19O4P. The molecule has 0 amide bonds. The molecule has 0 N–H and O–H groups in total. The SMILES string of the molecule is CCCCOP(=O)(OC)OCCC. The molecule has 0 aliphatic rings. The molecule has 13 heavy (non-hydrogen) atoms. The molecule has 0 aliphatic carbocycles. The fraction of sp³-hybridized carbons (Fsp3) is 1.00. The summed E-state index contributed by atoms with van der Waals surface area (Å²) in [5.41, 5.74) is 0. The van der Waals surface area contributed by atoms with Crippen molar-refractivity contribution < 1.29 is 18.1 Å². The van der Waals surface area contributed by atoms with Crippen LogP contribution in [-0.2, 0) is 18.1 Å². The summed E-state index contributed by atoms with van der Waals surface area (Å²) in [6.45, 7) is 4.79. The van der Waals surface area contributed by atoms with E-state index >= 15 is 0 Å². The summed E-state index contributed by atoms with van der Waals surface area (Å²) in [5, 5.41) is 0. The maximum absolute atomic E-state index is 11.5. The lowest BCUT2D eigenvalue weighted by Crippen LogP contribution is -2.00. The molecule has 0 bridgehead atoms. The van der Waals surface area contributed by atoms with Crippen LogP contribution in [0.3, 0.4) is 0 Å². The van der Waals surface area contributed by atoms with Crippen LogP contribution >= 0.6 is 7.82 Å². The van der Waals surface area contributed by atoms with Gasteiger partial charge in [-0.15, -0.1) is 0 Å². The second-order valence-electron chi connectivity index (χ2n) is 2.65. The first-order valence-electron chi connectivity index (χ1n) is 4.63. The first-order valence-corrected chi connectivity index (χ1v) is 6.09. The number of unbranched alkanes of at least 4 members (excludes halogenated alkanes) is 1. The monoisotopic (exact) mass is 210 g/mol. The minimum absolute atomic E-state index is 0.400. The summed E-state index contributed by atoms with van der Waals surface area (Å²) in [4.78, 5) is 0. The summed E-state index contributed by atoms with van der Waals surface area (Å²) >= 11 is 0. The van der Waals surface area contributed by atoms with E-state index in [1.807, 2.05) is 13.8 Å². The number of hydrogen-bond acceptors (Lipinski definition) is 4. The molecule has 1 unspecified atom stereocenters. The molecule has 0 radical (unpaired) electrons. The van der Waals surface area contributed by atoms with E-state index in [2.05, 4.69) is 0 Å². The molecule has 0 aromatic heterocycles. The lowest BCUT2D eigenvalue weighted by Gasteiger charge is -2.14. The van der Waals surface area contributed by atoms with E-state index in [1.54, 1.807) is 0 Å². The van der Waals surface area contributed by atoms with Gasteiger partial charge >= 0.3 is 7.82 Å². The Labute approximate surface area is 80.2 Å². The van der Waals surface area contributed by atoms with Gasteiger partial charge in [-0.2, -0.15) is 0 Å². The maximum atomic E-state index is 11.5. The zero-order valence-electron chi connectivity index (χ0n) is 8.62. The van der Waals surface area contributed by atoms with E-state index in [0.717, 1.165) is 19.3 Å². The zero-order chi connectivity index (χ0) is 10.2. The molecule has 80 valence electrons. The number of rotatable bonds is 8. The zero-order valence-corrected chi connectivity index (χ0v) is 9.51. The van der Waals surface area contributed by atoms with E-state index in [1.165, 1.54) is 7.11 Å². The predicted octanol–water partition coefficient (Wildman–Crippen LogP) is 2.98. The summed E-state index contributed by atoms with van der Waals surface area (Å²) < 4.78 is 26.3. The summed E-state index contributed by atoms with van der Waals surface area (Å²) in [7, 11) is -1.91. The Morgan fingerprint density at radius 3 is 2.15 bits per heavy atom. The standard InChI is InChI=1S/C8H19O4P/c1-4-6-8-12-13(9,10-3)11-7-5-2/h4-8H2,1-3H3. The second-order valence-corrected chi connectivity index (χ2v) is 4.43. The van der Waals surface area contributed by atoms with Gasteiger partial charge in [0.25, 0.3) is 0 Å². The Kier molecular flexibility index (Phi) is 7.57. The molecule has 0 fully saturated rings. The normalized spacial score (nSPS) is 15.6. The summed E-state index contributed by atoms with van der Waals surface area (Å²) in [5.74, 6) is 0. The predicted molar refractivity (Wildman–Crippen MR) is 51.7 cm³/mol. The topological polar surface area (TPSA) is 44.8 Å². The van der Waals surface area contributed by atoms with Gasteiger partial charge in [0, 0.05) is 7.11 Å². The van der Waals surface area contributed by atoms with Crippen molar-refractivity contribution in [2.24, 2.45) is 0 Å². The minimum Gasteiger partial charge on any atom is -0.290 e. The molecule has 0 saturated carbocycles. The number of phosphoric ester groups is 1. The molecule has 0 spiro atoms. The maximum Gasteiger partial charge on any atom is 0.474 e. The smallest absolute Gasteiger partial charge is 0.290 e. The van der Waals surface area contributed by atoms with Crippen LogP contribution in [0.15, 0.2) is 0 Å². The third-order valence-corrected chi connectivity index (χ3v) is 2.87. The van der Waals surface area contributed by atoms with Crippen LogP contribution in [0.25, 0.3) is 0 Å². The van der Waals surface area contributed by atoms with Gasteiger partial charge in [-0.1, -0.05) is 20.3 Å². The van der Waals surface area contributed by atoms with Gasteiger partial charge in [0.05, 0.1) is 13.2 Å². The summed E-state index contributed by atoms with van der Waals surface area (Å²) in [6.07, 6.45) is 2.66. The van der Waals surface area contributed by atoms with Crippen molar-refractivity contribution in [3.8, 4) is 0 Å². The Bertz CT molecular complexity index is 160. The third-order valence-electron chi connectivity index (χ3n) is 1.42. The van der Waals surface area contributed by atoms with Crippen LogP contribution in [0.1, 0.15) is 33.1 Å². The van der Waals surface area contributed by atoms with E-state index in [0.29, 0.717) is 13.2 Å². The van der Waals surface area contributed by atoms with Gasteiger partial charge in [0.1, 0.15) is 0 Å². The molecule has 0 rings (SSSR count). The molecular weight excluding hydrogens is 191 g/mol.